The summed E-state index contributed by atoms with van der Waals surface area (Å²) in [5.74, 6) is 0. The number of amides is 4. The van der Waals surface area contributed by atoms with Crippen molar-refractivity contribution in [3.8, 4) is 0 Å². The number of unbranched alkanes of at least 4 members (excludes halogenated alkanes) is 2. The van der Waals surface area contributed by atoms with E-state index in [1.807, 2.05) is 12.2 Å². The molecule has 23 heavy (non-hydrogen) atoms. The summed E-state index contributed by atoms with van der Waals surface area (Å²) in [6, 6.07) is 4.47. The summed E-state index contributed by atoms with van der Waals surface area (Å²) in [5.41, 5.74) is 0.427. The number of rotatable bonds is 6. The number of hydrogen-bond donors (Lipinski definition) is 2. The largest absolute Gasteiger partial charge is 0.339 e. The quantitative estimate of drug-likeness (QED) is 0.761. The fourth-order valence-corrected chi connectivity index (χ4v) is 2.71. The van der Waals surface area contributed by atoms with E-state index in [-0.39, 0.29) is 6.54 Å². The van der Waals surface area contributed by atoms with Crippen LogP contribution < -0.4 is 10.6 Å². The molecule has 0 radical (unpaired) electrons. The molecule has 0 saturated carbocycles. The number of nitrogens with zero attached hydrogens (tertiary/aromatic N) is 1. The zero-order chi connectivity index (χ0) is 17.5. The predicted molar refractivity (Wildman–Crippen MR) is 90.1 cm³/mol. The van der Waals surface area contributed by atoms with Gasteiger partial charge < -0.3 is 5.32 Å². The minimum atomic E-state index is -3.74. The summed E-state index contributed by atoms with van der Waals surface area (Å²) in [4.78, 5) is 23.8. The highest BCUT2D eigenvalue weighted by molar-refractivity contribution is 7.88. The average molecular weight is 362 g/mol. The third-order valence-electron chi connectivity index (χ3n) is 2.91. The molecule has 0 heterocycles. The molecule has 0 bridgehead atoms. The third kappa shape index (κ3) is 6.87. The van der Waals surface area contributed by atoms with Gasteiger partial charge in [-0.1, -0.05) is 31.4 Å². The molecule has 0 fully saturated rings. The maximum absolute atomic E-state index is 12.0. The van der Waals surface area contributed by atoms with Crippen LogP contribution in [0.4, 0.5) is 15.3 Å². The van der Waals surface area contributed by atoms with Crippen LogP contribution in [-0.4, -0.2) is 37.6 Å². The summed E-state index contributed by atoms with van der Waals surface area (Å²) in [6.45, 7) is 2.00. The van der Waals surface area contributed by atoms with Gasteiger partial charge in [-0.25, -0.2) is 22.3 Å². The Hall–Kier alpha value is -1.80. The van der Waals surface area contributed by atoms with Crippen molar-refractivity contribution in [1.82, 2.24) is 9.62 Å². The van der Waals surface area contributed by atoms with Crippen LogP contribution in [0.25, 0.3) is 0 Å². The highest BCUT2D eigenvalue weighted by Gasteiger charge is 2.24. The second kappa shape index (κ2) is 8.73. The number of benzene rings is 1. The standard InChI is InChI=1S/C14H20ClN3O4S/c1-3-4-5-10-18(23(2,21)22)14(20)17-13(19)16-12-8-6-11(15)7-9-12/h6-9H,3-5,10H2,1-2H3,(H2,16,17,19,20). The topological polar surface area (TPSA) is 95.6 Å². The van der Waals surface area contributed by atoms with E-state index in [4.69, 9.17) is 11.6 Å². The lowest BCUT2D eigenvalue weighted by Gasteiger charge is -2.20. The number of imide groups is 1. The molecular weight excluding hydrogens is 342 g/mol. The Morgan fingerprint density at radius 1 is 1.17 bits per heavy atom. The number of hydrogen-bond acceptors (Lipinski definition) is 4. The average Bonchev–Trinajstić information content (AvgIpc) is 2.44. The molecule has 0 spiro atoms. The normalized spacial score (nSPS) is 10.9. The van der Waals surface area contributed by atoms with Gasteiger partial charge >= 0.3 is 12.1 Å². The first-order valence-corrected chi connectivity index (χ1v) is 9.32. The van der Waals surface area contributed by atoms with Crippen molar-refractivity contribution in [2.75, 3.05) is 18.1 Å². The van der Waals surface area contributed by atoms with Crippen LogP contribution in [0.15, 0.2) is 24.3 Å². The highest BCUT2D eigenvalue weighted by Crippen LogP contribution is 2.13. The monoisotopic (exact) mass is 361 g/mol. The summed E-state index contributed by atoms with van der Waals surface area (Å²) in [7, 11) is -3.74. The molecule has 1 rings (SSSR count). The Labute approximate surface area is 141 Å². The van der Waals surface area contributed by atoms with Gasteiger partial charge in [-0.05, 0) is 30.7 Å². The molecule has 0 saturated heterocycles. The Kier molecular flexibility index (Phi) is 7.31. The van der Waals surface area contributed by atoms with Crippen LogP contribution in [0.1, 0.15) is 26.2 Å². The lowest BCUT2D eigenvalue weighted by atomic mass is 10.2. The predicted octanol–water partition coefficient (Wildman–Crippen LogP) is 3.03. The number of nitrogens with one attached hydrogen (secondary N) is 2. The highest BCUT2D eigenvalue weighted by atomic mass is 35.5. The number of sulfonamides is 1. The van der Waals surface area contributed by atoms with E-state index in [2.05, 4.69) is 5.32 Å². The zero-order valence-electron chi connectivity index (χ0n) is 13.0. The molecule has 1 aromatic carbocycles. The van der Waals surface area contributed by atoms with E-state index in [0.29, 0.717) is 21.4 Å². The Balaban J connectivity index is 2.66. The summed E-state index contributed by atoms with van der Waals surface area (Å²) >= 11 is 5.73. The first-order chi connectivity index (χ1) is 10.7. The molecule has 0 unspecified atom stereocenters. The van der Waals surface area contributed by atoms with E-state index in [9.17, 15) is 18.0 Å². The fourth-order valence-electron chi connectivity index (χ4n) is 1.78. The summed E-state index contributed by atoms with van der Waals surface area (Å²) in [6.07, 6.45) is 3.14. The van der Waals surface area contributed by atoms with Gasteiger partial charge in [-0.3, -0.25) is 5.32 Å². The molecule has 2 N–H and O–H groups in total. The van der Waals surface area contributed by atoms with Crippen molar-refractivity contribution in [1.29, 1.82) is 0 Å². The second-order valence-corrected chi connectivity index (χ2v) is 7.28. The van der Waals surface area contributed by atoms with Gasteiger partial charge in [0.1, 0.15) is 0 Å². The van der Waals surface area contributed by atoms with E-state index in [1.54, 1.807) is 24.3 Å². The third-order valence-corrected chi connectivity index (χ3v) is 4.32. The van der Waals surface area contributed by atoms with Crippen molar-refractivity contribution in [3.05, 3.63) is 29.3 Å². The Morgan fingerprint density at radius 2 is 1.78 bits per heavy atom. The van der Waals surface area contributed by atoms with Gasteiger partial charge in [-0.2, -0.15) is 0 Å². The first-order valence-electron chi connectivity index (χ1n) is 7.09. The van der Waals surface area contributed by atoms with Crippen LogP contribution in [-0.2, 0) is 10.0 Å². The lowest BCUT2D eigenvalue weighted by molar-refractivity contribution is 0.219. The van der Waals surface area contributed by atoms with Crippen molar-refractivity contribution < 1.29 is 18.0 Å². The molecule has 7 nitrogen and oxygen atoms in total. The molecule has 4 amide bonds. The van der Waals surface area contributed by atoms with Crippen molar-refractivity contribution in [3.63, 3.8) is 0 Å². The molecule has 128 valence electrons. The van der Waals surface area contributed by atoms with Gasteiger partial charge in [0.25, 0.3) is 0 Å². The van der Waals surface area contributed by atoms with E-state index >= 15 is 0 Å². The van der Waals surface area contributed by atoms with Gasteiger partial charge in [0, 0.05) is 17.3 Å². The zero-order valence-corrected chi connectivity index (χ0v) is 14.6. The second-order valence-electron chi connectivity index (χ2n) is 4.93. The van der Waals surface area contributed by atoms with Gasteiger partial charge in [0.15, 0.2) is 0 Å². The van der Waals surface area contributed by atoms with Crippen LogP contribution in [0.5, 0.6) is 0 Å². The van der Waals surface area contributed by atoms with Gasteiger partial charge in [-0.15, -0.1) is 0 Å². The van der Waals surface area contributed by atoms with Crippen LogP contribution in [0, 0.1) is 0 Å². The van der Waals surface area contributed by atoms with Crippen molar-refractivity contribution in [2.45, 2.75) is 26.2 Å². The maximum Gasteiger partial charge on any atom is 0.339 e. The number of anilines is 1. The SMILES string of the molecule is CCCCCN(C(=O)NC(=O)Nc1ccc(Cl)cc1)S(C)(=O)=O. The molecule has 0 aliphatic rings. The number of urea groups is 2. The first kappa shape index (κ1) is 19.2. The molecule has 0 atom stereocenters. The number of carbonyl (C=O) groups is 2. The maximum atomic E-state index is 12.0. The molecule has 1 aromatic rings. The smallest absolute Gasteiger partial charge is 0.308 e. The minimum Gasteiger partial charge on any atom is -0.308 e. The van der Waals surface area contributed by atoms with Gasteiger partial charge in [0.05, 0.1) is 6.26 Å². The molecular formula is C14H20ClN3O4S. The number of carbonyl (C=O) groups excluding carboxylic acids is 2. The lowest BCUT2D eigenvalue weighted by Crippen LogP contribution is -2.47. The van der Waals surface area contributed by atoms with E-state index in [0.717, 1.165) is 19.1 Å². The Bertz CT molecular complexity index is 646. The molecule has 0 aliphatic carbocycles. The Morgan fingerprint density at radius 3 is 2.30 bits per heavy atom. The fraction of sp³-hybridized carbons (Fsp3) is 0.429. The minimum absolute atomic E-state index is 0.0345. The van der Waals surface area contributed by atoms with Crippen LogP contribution in [0.3, 0.4) is 0 Å². The molecule has 9 heteroatoms. The summed E-state index contributed by atoms with van der Waals surface area (Å²) in [5, 5.41) is 4.93. The molecule has 0 aromatic heterocycles. The number of halogens is 1. The van der Waals surface area contributed by atoms with Crippen LogP contribution >= 0.6 is 11.6 Å². The summed E-state index contributed by atoms with van der Waals surface area (Å²) < 4.78 is 24.0. The van der Waals surface area contributed by atoms with Crippen LogP contribution in [0.2, 0.25) is 5.02 Å². The van der Waals surface area contributed by atoms with Crippen molar-refractivity contribution in [2.24, 2.45) is 0 Å². The van der Waals surface area contributed by atoms with Crippen molar-refractivity contribution >= 4 is 39.4 Å². The molecule has 0 aliphatic heterocycles. The van der Waals surface area contributed by atoms with E-state index in [1.165, 1.54) is 0 Å². The van der Waals surface area contributed by atoms with Gasteiger partial charge in [0.2, 0.25) is 10.0 Å². The van der Waals surface area contributed by atoms with E-state index < -0.39 is 22.1 Å².